The van der Waals surface area contributed by atoms with Crippen molar-refractivity contribution < 1.29 is 28.3 Å². The number of methoxy groups -OCH3 is 1. The molecule has 7 nitrogen and oxygen atoms in total. The lowest BCUT2D eigenvalue weighted by molar-refractivity contribution is -0.126. The van der Waals surface area contributed by atoms with E-state index in [9.17, 15) is 18.8 Å². The average Bonchev–Trinajstić information content (AvgIpc) is 3.35. The van der Waals surface area contributed by atoms with Gasteiger partial charge in [0.15, 0.2) is 6.10 Å². The summed E-state index contributed by atoms with van der Waals surface area (Å²) in [5, 5.41) is 1.59. The van der Waals surface area contributed by atoms with Gasteiger partial charge >= 0.3 is 5.97 Å². The number of hydrogen-bond acceptors (Lipinski definition) is 6. The number of esters is 1. The topological polar surface area (TPSA) is 76.2 Å². The van der Waals surface area contributed by atoms with Gasteiger partial charge in [-0.15, -0.1) is 0 Å². The van der Waals surface area contributed by atoms with Crippen molar-refractivity contribution in [2.75, 3.05) is 17.1 Å². The van der Waals surface area contributed by atoms with E-state index in [2.05, 4.69) is 0 Å². The molecule has 2 aliphatic heterocycles. The van der Waals surface area contributed by atoms with Crippen LogP contribution in [0.15, 0.2) is 72.8 Å². The summed E-state index contributed by atoms with van der Waals surface area (Å²) in [7, 11) is 1.28. The van der Waals surface area contributed by atoms with Gasteiger partial charge in [0, 0.05) is 0 Å². The Morgan fingerprint density at radius 2 is 1.62 bits per heavy atom. The van der Waals surface area contributed by atoms with E-state index in [1.165, 1.54) is 43.5 Å². The van der Waals surface area contributed by atoms with Crippen LogP contribution < -0.4 is 9.96 Å². The van der Waals surface area contributed by atoms with Gasteiger partial charge in [0.1, 0.15) is 11.7 Å². The second kappa shape index (κ2) is 8.39. The largest absolute Gasteiger partial charge is 0.465 e. The Morgan fingerprint density at radius 1 is 0.941 bits per heavy atom. The fraction of sp³-hybridized carbons (Fsp3) is 0.192. The summed E-state index contributed by atoms with van der Waals surface area (Å²) in [4.78, 5) is 45.9. The van der Waals surface area contributed by atoms with E-state index < -0.39 is 41.7 Å². The Bertz CT molecular complexity index is 1280. The van der Waals surface area contributed by atoms with Gasteiger partial charge in [0.25, 0.3) is 5.91 Å². The molecule has 5 rings (SSSR count). The number of benzene rings is 3. The SMILES string of the molecule is COC(=O)c1ccc(N2C(=O)C3ON(c4ccccc4C)C(c4ccc(F)cc4)C3C2=O)cc1. The monoisotopic (exact) mass is 460 g/mol. The first-order chi connectivity index (χ1) is 16.4. The fourth-order valence-electron chi connectivity index (χ4n) is 4.55. The Kier molecular flexibility index (Phi) is 5.37. The predicted octanol–water partition coefficient (Wildman–Crippen LogP) is 3.97. The molecule has 0 radical (unpaired) electrons. The highest BCUT2D eigenvalue weighted by atomic mass is 19.1. The Balaban J connectivity index is 1.54. The molecular weight excluding hydrogens is 439 g/mol. The first-order valence-corrected chi connectivity index (χ1v) is 10.7. The number of amides is 2. The molecular formula is C26H21FN2O5. The van der Waals surface area contributed by atoms with Gasteiger partial charge in [0.05, 0.1) is 30.1 Å². The van der Waals surface area contributed by atoms with Crippen LogP contribution in [-0.4, -0.2) is 31.0 Å². The van der Waals surface area contributed by atoms with E-state index in [1.54, 1.807) is 17.2 Å². The second-order valence-corrected chi connectivity index (χ2v) is 8.21. The van der Waals surface area contributed by atoms with Crippen LogP contribution in [0.3, 0.4) is 0 Å². The van der Waals surface area contributed by atoms with Gasteiger partial charge < -0.3 is 4.74 Å². The predicted molar refractivity (Wildman–Crippen MR) is 121 cm³/mol. The lowest BCUT2D eigenvalue weighted by atomic mass is 9.90. The number of para-hydroxylation sites is 1. The molecule has 8 heteroatoms. The number of anilines is 2. The van der Waals surface area contributed by atoms with Crippen molar-refractivity contribution in [3.05, 3.63) is 95.3 Å². The third-order valence-electron chi connectivity index (χ3n) is 6.23. The van der Waals surface area contributed by atoms with E-state index in [0.29, 0.717) is 16.8 Å². The number of ether oxygens (including phenoxy) is 1. The number of halogens is 1. The molecule has 3 atom stereocenters. The highest BCUT2D eigenvalue weighted by Gasteiger charge is 2.60. The normalized spacial score (nSPS) is 21.7. The van der Waals surface area contributed by atoms with Crippen molar-refractivity contribution in [2.45, 2.75) is 19.1 Å². The minimum atomic E-state index is -1.04. The van der Waals surface area contributed by atoms with Crippen molar-refractivity contribution in [3.63, 3.8) is 0 Å². The van der Waals surface area contributed by atoms with Crippen LogP contribution in [0.25, 0.3) is 0 Å². The standard InChI is InChI=1S/C26H21FN2O5/c1-15-5-3-4-6-20(15)29-22(16-7-11-18(27)12-8-16)21-23(34-29)25(31)28(24(21)30)19-13-9-17(10-14-19)26(32)33-2/h3-14,21-23H,1-2H3. The summed E-state index contributed by atoms with van der Waals surface area (Å²) in [5.41, 5.74) is 2.92. The summed E-state index contributed by atoms with van der Waals surface area (Å²) in [6.07, 6.45) is -1.04. The quantitative estimate of drug-likeness (QED) is 0.433. The number of hydrogen-bond donors (Lipinski definition) is 0. The molecule has 0 aromatic heterocycles. The zero-order valence-corrected chi connectivity index (χ0v) is 18.5. The zero-order valence-electron chi connectivity index (χ0n) is 18.5. The van der Waals surface area contributed by atoms with Crippen LogP contribution in [0.5, 0.6) is 0 Å². The molecule has 0 aliphatic carbocycles. The maximum Gasteiger partial charge on any atom is 0.337 e. The number of nitrogens with zero attached hydrogens (tertiary/aromatic N) is 2. The van der Waals surface area contributed by atoms with E-state index >= 15 is 0 Å². The maximum atomic E-state index is 13.7. The van der Waals surface area contributed by atoms with Crippen LogP contribution in [0.4, 0.5) is 15.8 Å². The first-order valence-electron chi connectivity index (χ1n) is 10.7. The third-order valence-corrected chi connectivity index (χ3v) is 6.23. The van der Waals surface area contributed by atoms with Crippen LogP contribution in [0, 0.1) is 18.7 Å². The summed E-state index contributed by atoms with van der Waals surface area (Å²) in [6.45, 7) is 1.91. The average molecular weight is 460 g/mol. The molecule has 3 aromatic carbocycles. The van der Waals surface area contributed by atoms with Gasteiger partial charge in [-0.05, 0) is 60.5 Å². The van der Waals surface area contributed by atoms with E-state index in [-0.39, 0.29) is 0 Å². The molecule has 0 spiro atoms. The molecule has 0 bridgehead atoms. The van der Waals surface area contributed by atoms with Crippen LogP contribution >= 0.6 is 0 Å². The van der Waals surface area contributed by atoms with Gasteiger partial charge in [-0.1, -0.05) is 30.3 Å². The molecule has 3 unspecified atom stereocenters. The number of aryl methyl sites for hydroxylation is 1. The van der Waals surface area contributed by atoms with Crippen molar-refractivity contribution in [1.82, 2.24) is 0 Å². The molecule has 0 N–H and O–H groups in total. The van der Waals surface area contributed by atoms with Gasteiger partial charge in [0.2, 0.25) is 5.91 Å². The molecule has 2 fully saturated rings. The van der Waals surface area contributed by atoms with Crippen LogP contribution in [-0.2, 0) is 19.2 Å². The van der Waals surface area contributed by atoms with E-state index in [0.717, 1.165) is 16.2 Å². The molecule has 3 aromatic rings. The lowest BCUT2D eigenvalue weighted by Gasteiger charge is -2.29. The number of fused-ring (bicyclic) bond motifs is 1. The smallest absolute Gasteiger partial charge is 0.337 e. The number of rotatable bonds is 4. The van der Waals surface area contributed by atoms with Gasteiger partial charge in [-0.2, -0.15) is 0 Å². The number of imide groups is 1. The van der Waals surface area contributed by atoms with Gasteiger partial charge in [-0.25, -0.2) is 19.1 Å². The van der Waals surface area contributed by atoms with E-state index in [4.69, 9.17) is 9.57 Å². The highest BCUT2D eigenvalue weighted by molar-refractivity contribution is 6.24. The second-order valence-electron chi connectivity index (χ2n) is 8.21. The molecule has 0 saturated carbocycles. The minimum absolute atomic E-state index is 0.303. The zero-order chi connectivity index (χ0) is 24.0. The van der Waals surface area contributed by atoms with Crippen molar-refractivity contribution in [2.24, 2.45) is 5.92 Å². The Hall–Kier alpha value is -4.04. The molecule has 2 aliphatic rings. The summed E-state index contributed by atoms with van der Waals surface area (Å²) >= 11 is 0. The van der Waals surface area contributed by atoms with E-state index in [1.807, 2.05) is 31.2 Å². The molecule has 172 valence electrons. The Labute approximate surface area is 195 Å². The van der Waals surface area contributed by atoms with Crippen LogP contribution in [0.1, 0.15) is 27.5 Å². The fourth-order valence-corrected chi connectivity index (χ4v) is 4.55. The Morgan fingerprint density at radius 3 is 2.26 bits per heavy atom. The van der Waals surface area contributed by atoms with Crippen molar-refractivity contribution >= 4 is 29.2 Å². The molecule has 2 heterocycles. The first kappa shape index (κ1) is 21.8. The summed E-state index contributed by atoms with van der Waals surface area (Å²) in [5.74, 6) is -2.67. The summed E-state index contributed by atoms with van der Waals surface area (Å²) in [6, 6.07) is 18.7. The van der Waals surface area contributed by atoms with Crippen molar-refractivity contribution in [3.8, 4) is 0 Å². The molecule has 2 amide bonds. The molecule has 34 heavy (non-hydrogen) atoms. The van der Waals surface area contributed by atoms with Crippen molar-refractivity contribution in [1.29, 1.82) is 0 Å². The third kappa shape index (κ3) is 3.43. The maximum absolute atomic E-state index is 13.7. The minimum Gasteiger partial charge on any atom is -0.465 e. The number of hydroxylamine groups is 1. The highest BCUT2D eigenvalue weighted by Crippen LogP contribution is 2.48. The lowest BCUT2D eigenvalue weighted by Crippen LogP contribution is -2.37. The molecule has 2 saturated heterocycles. The number of carbonyl (C=O) groups is 3. The van der Waals surface area contributed by atoms with Crippen LogP contribution in [0.2, 0.25) is 0 Å². The summed E-state index contributed by atoms with van der Waals surface area (Å²) < 4.78 is 18.4. The number of carbonyl (C=O) groups excluding carboxylic acids is 3. The van der Waals surface area contributed by atoms with Gasteiger partial charge in [-0.3, -0.25) is 14.4 Å².